The average Bonchev–Trinajstić information content (AvgIpc) is 3.24. The van der Waals surface area contributed by atoms with Crippen LogP contribution in [0.2, 0.25) is 0 Å². The van der Waals surface area contributed by atoms with Gasteiger partial charge in [0.1, 0.15) is 6.61 Å². The lowest BCUT2D eigenvalue weighted by molar-refractivity contribution is -0.394. The molecule has 0 bridgehead atoms. The molecule has 0 N–H and O–H groups in total. The van der Waals surface area contributed by atoms with Crippen molar-refractivity contribution in [3.8, 4) is 11.5 Å². The van der Waals surface area contributed by atoms with E-state index in [2.05, 4.69) is 4.99 Å². The van der Waals surface area contributed by atoms with Crippen LogP contribution in [0.25, 0.3) is 6.08 Å². The fourth-order valence-corrected chi connectivity index (χ4v) is 3.36. The molecule has 0 atom stereocenters. The van der Waals surface area contributed by atoms with Gasteiger partial charge in [0.2, 0.25) is 5.90 Å². The lowest BCUT2D eigenvalue weighted by atomic mass is 10.1. The molecule has 0 aliphatic carbocycles. The van der Waals surface area contributed by atoms with Gasteiger partial charge in [-0.05, 0) is 36.3 Å². The summed E-state index contributed by atoms with van der Waals surface area (Å²) in [5, 5.41) is 22.3. The van der Waals surface area contributed by atoms with Crippen LogP contribution in [0.15, 0.2) is 77.4 Å². The van der Waals surface area contributed by atoms with E-state index in [-0.39, 0.29) is 17.2 Å². The van der Waals surface area contributed by atoms with Gasteiger partial charge in [0.25, 0.3) is 11.4 Å². The summed E-state index contributed by atoms with van der Waals surface area (Å²) in [4.78, 5) is 37.3. The average molecular weight is 489 g/mol. The van der Waals surface area contributed by atoms with Crippen LogP contribution in [0, 0.1) is 20.2 Å². The van der Waals surface area contributed by atoms with Crippen molar-refractivity contribution in [1.82, 2.24) is 0 Å². The minimum atomic E-state index is -0.804. The van der Waals surface area contributed by atoms with Crippen LogP contribution in [-0.2, 0) is 16.1 Å². The Balaban J connectivity index is 1.62. The zero-order valence-corrected chi connectivity index (χ0v) is 19.0. The van der Waals surface area contributed by atoms with E-state index in [9.17, 15) is 25.0 Å². The molecule has 1 heterocycles. The van der Waals surface area contributed by atoms with Crippen molar-refractivity contribution in [3.63, 3.8) is 0 Å². The number of ether oxygens (including phenoxy) is 3. The molecular weight excluding hydrogens is 470 g/mol. The van der Waals surface area contributed by atoms with Gasteiger partial charge in [0.05, 0.1) is 28.1 Å². The van der Waals surface area contributed by atoms with Crippen LogP contribution in [0.4, 0.5) is 11.4 Å². The molecule has 0 aromatic heterocycles. The van der Waals surface area contributed by atoms with Gasteiger partial charge in [-0.2, -0.15) is 0 Å². The van der Waals surface area contributed by atoms with Gasteiger partial charge in [-0.15, -0.1) is 0 Å². The summed E-state index contributed by atoms with van der Waals surface area (Å²) in [6.07, 6.45) is 1.45. The Kier molecular flexibility index (Phi) is 7.00. The van der Waals surface area contributed by atoms with Crippen molar-refractivity contribution in [3.05, 3.63) is 109 Å². The predicted molar refractivity (Wildman–Crippen MR) is 129 cm³/mol. The predicted octanol–water partition coefficient (Wildman–Crippen LogP) is 4.83. The molecule has 182 valence electrons. The molecule has 0 saturated carbocycles. The number of carbonyl (C=O) groups excluding carboxylic acids is 1. The summed E-state index contributed by atoms with van der Waals surface area (Å²) in [5.41, 5.74) is 0.355. The maximum atomic E-state index is 12.4. The van der Waals surface area contributed by atoms with Gasteiger partial charge in [-0.25, -0.2) is 9.79 Å². The number of nitro benzene ring substituents is 2. The number of nitrogens with zero attached hydrogens (tertiary/aromatic N) is 3. The van der Waals surface area contributed by atoms with Gasteiger partial charge in [0, 0.05) is 12.1 Å². The second-order valence-corrected chi connectivity index (χ2v) is 7.50. The molecule has 0 amide bonds. The van der Waals surface area contributed by atoms with Gasteiger partial charge in [-0.3, -0.25) is 20.2 Å². The highest BCUT2D eigenvalue weighted by Crippen LogP contribution is 2.31. The van der Waals surface area contributed by atoms with E-state index < -0.39 is 27.2 Å². The maximum absolute atomic E-state index is 12.4. The molecule has 0 radical (unpaired) electrons. The van der Waals surface area contributed by atoms with Gasteiger partial charge in [0.15, 0.2) is 17.2 Å². The van der Waals surface area contributed by atoms with Crippen LogP contribution >= 0.6 is 0 Å². The van der Waals surface area contributed by atoms with Gasteiger partial charge < -0.3 is 14.2 Å². The summed E-state index contributed by atoms with van der Waals surface area (Å²) < 4.78 is 16.7. The van der Waals surface area contributed by atoms with Crippen LogP contribution in [-0.4, -0.2) is 28.3 Å². The SMILES string of the molecule is CCOc1cc(C=C2N=C(c3cc([N+](=O)[O-])cc([N+](=O)[O-])c3)OC2=O)ccc1OCc1ccccc1. The van der Waals surface area contributed by atoms with Crippen LogP contribution < -0.4 is 9.47 Å². The third-order valence-electron chi connectivity index (χ3n) is 5.00. The minimum absolute atomic E-state index is 0.0627. The van der Waals surface area contributed by atoms with Crippen molar-refractivity contribution >= 4 is 29.3 Å². The van der Waals surface area contributed by atoms with E-state index in [1.54, 1.807) is 18.2 Å². The first-order chi connectivity index (χ1) is 17.3. The molecular formula is C25H19N3O8. The number of cyclic esters (lactones) is 1. The highest BCUT2D eigenvalue weighted by atomic mass is 16.6. The number of non-ortho nitro benzene ring substituents is 2. The van der Waals surface area contributed by atoms with E-state index in [4.69, 9.17) is 14.2 Å². The quantitative estimate of drug-likeness (QED) is 0.180. The third-order valence-corrected chi connectivity index (χ3v) is 5.00. The molecule has 11 nitrogen and oxygen atoms in total. The summed E-state index contributed by atoms with van der Waals surface area (Å²) >= 11 is 0. The van der Waals surface area contributed by atoms with E-state index in [0.717, 1.165) is 23.8 Å². The third kappa shape index (κ3) is 5.53. The van der Waals surface area contributed by atoms with Gasteiger partial charge >= 0.3 is 5.97 Å². The summed E-state index contributed by atoms with van der Waals surface area (Å²) in [6.45, 7) is 2.56. The number of hydrogen-bond acceptors (Lipinski definition) is 9. The summed E-state index contributed by atoms with van der Waals surface area (Å²) in [7, 11) is 0. The molecule has 0 saturated heterocycles. The topological polar surface area (TPSA) is 143 Å². The lowest BCUT2D eigenvalue weighted by Gasteiger charge is -2.12. The monoisotopic (exact) mass is 489 g/mol. The molecule has 11 heteroatoms. The Bertz CT molecular complexity index is 1370. The Morgan fingerprint density at radius 1 is 0.917 bits per heavy atom. The normalized spacial score (nSPS) is 13.8. The molecule has 0 fully saturated rings. The van der Waals surface area contributed by atoms with Crippen molar-refractivity contribution in [2.24, 2.45) is 4.99 Å². The van der Waals surface area contributed by atoms with Crippen molar-refractivity contribution < 1.29 is 28.9 Å². The first kappa shape index (κ1) is 24.1. The van der Waals surface area contributed by atoms with Crippen LogP contribution in [0.1, 0.15) is 23.6 Å². The Labute approximate surface area is 204 Å². The highest BCUT2D eigenvalue weighted by Gasteiger charge is 2.27. The molecule has 0 unspecified atom stereocenters. The fraction of sp³-hybridized carbons (Fsp3) is 0.120. The summed E-state index contributed by atoms with van der Waals surface area (Å²) in [6, 6.07) is 17.6. The minimum Gasteiger partial charge on any atom is -0.490 e. The largest absolute Gasteiger partial charge is 0.490 e. The standard InChI is InChI=1S/C25H19N3O8/c1-2-34-23-11-17(8-9-22(23)35-15-16-6-4-3-5-7-16)10-21-25(29)36-24(26-21)18-12-19(27(30)31)14-20(13-18)28(32)33/h3-14H,2,15H2,1H3. The molecule has 3 aromatic rings. The number of aliphatic imine (C=N–C) groups is 1. The first-order valence-electron chi connectivity index (χ1n) is 10.7. The smallest absolute Gasteiger partial charge is 0.363 e. The maximum Gasteiger partial charge on any atom is 0.363 e. The van der Waals surface area contributed by atoms with E-state index >= 15 is 0 Å². The van der Waals surface area contributed by atoms with Crippen molar-refractivity contribution in [2.45, 2.75) is 13.5 Å². The zero-order valence-electron chi connectivity index (χ0n) is 19.0. The Morgan fingerprint density at radius 3 is 2.25 bits per heavy atom. The van der Waals surface area contributed by atoms with E-state index in [1.165, 1.54) is 6.08 Å². The van der Waals surface area contributed by atoms with Crippen molar-refractivity contribution in [2.75, 3.05) is 6.61 Å². The molecule has 1 aliphatic rings. The molecule has 4 rings (SSSR count). The van der Waals surface area contributed by atoms with E-state index in [0.29, 0.717) is 30.3 Å². The molecule has 36 heavy (non-hydrogen) atoms. The lowest BCUT2D eigenvalue weighted by Crippen LogP contribution is -2.06. The first-order valence-corrected chi connectivity index (χ1v) is 10.7. The second kappa shape index (κ2) is 10.5. The second-order valence-electron chi connectivity index (χ2n) is 7.50. The highest BCUT2D eigenvalue weighted by molar-refractivity contribution is 6.13. The number of nitro groups is 2. The summed E-state index contributed by atoms with van der Waals surface area (Å²) in [5.74, 6) is -0.0926. The fourth-order valence-electron chi connectivity index (χ4n) is 3.36. The molecule has 0 spiro atoms. The van der Waals surface area contributed by atoms with Gasteiger partial charge in [-0.1, -0.05) is 36.4 Å². The number of benzene rings is 3. The van der Waals surface area contributed by atoms with Crippen molar-refractivity contribution in [1.29, 1.82) is 0 Å². The molecule has 1 aliphatic heterocycles. The Hall–Kier alpha value is -5.06. The van der Waals surface area contributed by atoms with Crippen LogP contribution in [0.3, 0.4) is 0 Å². The number of carbonyl (C=O) groups is 1. The number of rotatable bonds is 9. The molecule has 3 aromatic carbocycles. The Morgan fingerprint density at radius 2 is 1.61 bits per heavy atom. The zero-order chi connectivity index (χ0) is 25.7. The van der Waals surface area contributed by atoms with Crippen LogP contribution in [0.5, 0.6) is 11.5 Å². The van der Waals surface area contributed by atoms with E-state index in [1.807, 2.05) is 37.3 Å². The number of esters is 1. The number of hydrogen-bond donors (Lipinski definition) is 0.